The van der Waals surface area contributed by atoms with Gasteiger partial charge in [0.2, 0.25) is 0 Å². The molecule has 0 spiro atoms. The van der Waals surface area contributed by atoms with E-state index in [2.05, 4.69) is 0 Å². The number of rotatable bonds is 1. The highest BCUT2D eigenvalue weighted by molar-refractivity contribution is 4.98. The molecule has 2 bridgehead atoms. The molecule has 14 heavy (non-hydrogen) atoms. The van der Waals surface area contributed by atoms with Gasteiger partial charge in [0.25, 0.3) is 5.97 Å². The van der Waals surface area contributed by atoms with Crippen molar-refractivity contribution in [1.82, 2.24) is 0 Å². The Hall–Kier alpha value is -0.240. The number of aliphatic hydroxyl groups is 2. The summed E-state index contributed by atoms with van der Waals surface area (Å²) in [5, 5.41) is 18.7. The van der Waals surface area contributed by atoms with Crippen molar-refractivity contribution in [2.24, 2.45) is 0 Å². The molecule has 3 aliphatic heterocycles. The third-order valence-corrected chi connectivity index (χ3v) is 2.83. The van der Waals surface area contributed by atoms with Gasteiger partial charge in [-0.3, -0.25) is 4.74 Å². The van der Waals surface area contributed by atoms with Gasteiger partial charge in [0, 0.05) is 6.92 Å². The van der Waals surface area contributed by atoms with E-state index >= 15 is 0 Å². The first-order valence-electron chi connectivity index (χ1n) is 4.61. The van der Waals surface area contributed by atoms with Crippen LogP contribution in [0.2, 0.25) is 0 Å². The minimum absolute atomic E-state index is 0.260. The van der Waals surface area contributed by atoms with Crippen LogP contribution in [0.15, 0.2) is 0 Å². The molecule has 0 aromatic carbocycles. The minimum Gasteiger partial charge on any atom is -0.394 e. The Kier molecular flexibility index (Phi) is 1.71. The summed E-state index contributed by atoms with van der Waals surface area (Å²) in [5.74, 6) is -1.10. The van der Waals surface area contributed by atoms with E-state index in [9.17, 15) is 5.11 Å². The van der Waals surface area contributed by atoms with Crippen LogP contribution in [0.5, 0.6) is 0 Å². The number of hydrogen-bond donors (Lipinski definition) is 2. The summed E-state index contributed by atoms with van der Waals surface area (Å²) in [4.78, 5) is 0. The molecule has 3 fully saturated rings. The quantitative estimate of drug-likeness (QED) is 0.544. The number of ether oxygens (including phenoxy) is 4. The lowest BCUT2D eigenvalue weighted by Crippen LogP contribution is -2.59. The molecule has 6 nitrogen and oxygen atoms in total. The average molecular weight is 204 g/mol. The standard InChI is InChI=1S/C8H12O6/c1-8-12-5-4(10)3(2-9)11-7(14-8)6(5)13-8/h3-7,9-10H,2H2,1H3/t3-,4-,5+,6-,7-,8?/m1/s1. The largest absolute Gasteiger partial charge is 0.394 e. The van der Waals surface area contributed by atoms with Crippen molar-refractivity contribution in [3.63, 3.8) is 0 Å². The normalized spacial score (nSPS) is 60.6. The maximum atomic E-state index is 9.75. The van der Waals surface area contributed by atoms with E-state index in [0.717, 1.165) is 0 Å². The van der Waals surface area contributed by atoms with Gasteiger partial charge in [-0.1, -0.05) is 0 Å². The van der Waals surface area contributed by atoms with Crippen molar-refractivity contribution in [2.45, 2.75) is 43.6 Å². The minimum atomic E-state index is -1.10. The van der Waals surface area contributed by atoms with E-state index in [4.69, 9.17) is 24.1 Å². The number of aliphatic hydroxyl groups excluding tert-OH is 2. The fourth-order valence-electron chi connectivity index (χ4n) is 2.18. The molecule has 0 aromatic heterocycles. The van der Waals surface area contributed by atoms with Gasteiger partial charge in [0.1, 0.15) is 24.4 Å². The topological polar surface area (TPSA) is 77.4 Å². The van der Waals surface area contributed by atoms with E-state index in [1.54, 1.807) is 6.92 Å². The summed E-state index contributed by atoms with van der Waals surface area (Å²) in [6.07, 6.45) is -2.93. The highest BCUT2D eigenvalue weighted by Gasteiger charge is 2.64. The Morgan fingerprint density at radius 1 is 1.21 bits per heavy atom. The van der Waals surface area contributed by atoms with Gasteiger partial charge in [-0.05, 0) is 0 Å². The van der Waals surface area contributed by atoms with E-state index in [1.807, 2.05) is 0 Å². The summed E-state index contributed by atoms with van der Waals surface area (Å²) in [7, 11) is 0. The Balaban J connectivity index is 1.87. The van der Waals surface area contributed by atoms with E-state index in [0.29, 0.717) is 0 Å². The van der Waals surface area contributed by atoms with Crippen LogP contribution >= 0.6 is 0 Å². The molecule has 0 amide bonds. The molecule has 6 atom stereocenters. The van der Waals surface area contributed by atoms with Gasteiger partial charge in [-0.15, -0.1) is 0 Å². The molecular formula is C8H12O6. The molecule has 3 heterocycles. The van der Waals surface area contributed by atoms with E-state index in [-0.39, 0.29) is 6.61 Å². The lowest BCUT2D eigenvalue weighted by Gasteiger charge is -2.40. The van der Waals surface area contributed by atoms with Crippen LogP contribution in [0.3, 0.4) is 0 Å². The molecular weight excluding hydrogens is 192 g/mol. The molecule has 0 aliphatic carbocycles. The summed E-state index contributed by atoms with van der Waals surface area (Å²) >= 11 is 0. The van der Waals surface area contributed by atoms with Gasteiger partial charge in [0.15, 0.2) is 6.29 Å². The summed E-state index contributed by atoms with van der Waals surface area (Å²) in [6.45, 7) is 1.37. The zero-order chi connectivity index (χ0) is 9.92. The Morgan fingerprint density at radius 2 is 1.93 bits per heavy atom. The van der Waals surface area contributed by atoms with Crippen molar-refractivity contribution >= 4 is 0 Å². The zero-order valence-electron chi connectivity index (χ0n) is 7.62. The van der Waals surface area contributed by atoms with Gasteiger partial charge in [-0.2, -0.15) is 0 Å². The lowest BCUT2D eigenvalue weighted by molar-refractivity contribution is -0.378. The van der Waals surface area contributed by atoms with Crippen LogP contribution in [-0.2, 0) is 18.9 Å². The van der Waals surface area contributed by atoms with Crippen molar-refractivity contribution in [1.29, 1.82) is 0 Å². The van der Waals surface area contributed by atoms with Gasteiger partial charge < -0.3 is 24.4 Å². The van der Waals surface area contributed by atoms with E-state index in [1.165, 1.54) is 0 Å². The molecule has 2 N–H and O–H groups in total. The predicted octanol–water partition coefficient (Wildman–Crippen LogP) is -1.45. The van der Waals surface area contributed by atoms with Crippen LogP contribution in [0.4, 0.5) is 0 Å². The molecule has 3 aliphatic rings. The highest BCUT2D eigenvalue weighted by atomic mass is 17.0. The van der Waals surface area contributed by atoms with Gasteiger partial charge >= 0.3 is 0 Å². The second kappa shape index (κ2) is 2.66. The fraction of sp³-hybridized carbons (Fsp3) is 1.00. The summed E-state index contributed by atoms with van der Waals surface area (Å²) < 4.78 is 21.4. The molecule has 3 saturated heterocycles. The molecule has 6 heteroatoms. The van der Waals surface area contributed by atoms with Gasteiger partial charge in [0.05, 0.1) is 6.61 Å². The van der Waals surface area contributed by atoms with Crippen LogP contribution < -0.4 is 0 Å². The van der Waals surface area contributed by atoms with Crippen LogP contribution in [0.1, 0.15) is 6.92 Å². The first-order chi connectivity index (χ1) is 6.63. The lowest BCUT2D eigenvalue weighted by atomic mass is 9.99. The maximum Gasteiger partial charge on any atom is 0.283 e. The van der Waals surface area contributed by atoms with E-state index < -0.39 is 36.7 Å². The fourth-order valence-corrected chi connectivity index (χ4v) is 2.18. The molecule has 0 aromatic rings. The van der Waals surface area contributed by atoms with Crippen LogP contribution in [-0.4, -0.2) is 53.5 Å². The Bertz CT molecular complexity index is 258. The summed E-state index contributed by atoms with van der Waals surface area (Å²) in [5.41, 5.74) is 0. The van der Waals surface area contributed by atoms with Crippen molar-refractivity contribution in [3.8, 4) is 0 Å². The monoisotopic (exact) mass is 204 g/mol. The Labute approximate surface area is 80.3 Å². The summed E-state index contributed by atoms with van der Waals surface area (Å²) in [6, 6.07) is 0. The second-order valence-electron chi connectivity index (χ2n) is 3.86. The zero-order valence-corrected chi connectivity index (χ0v) is 7.62. The number of hydrogen-bond acceptors (Lipinski definition) is 6. The molecule has 3 rings (SSSR count). The van der Waals surface area contributed by atoms with Crippen LogP contribution in [0.25, 0.3) is 0 Å². The first kappa shape index (κ1) is 9.02. The smallest absolute Gasteiger partial charge is 0.283 e. The first-order valence-corrected chi connectivity index (χ1v) is 4.61. The second-order valence-corrected chi connectivity index (χ2v) is 3.86. The van der Waals surface area contributed by atoms with Gasteiger partial charge in [-0.25, -0.2) is 0 Å². The van der Waals surface area contributed by atoms with Crippen molar-refractivity contribution in [2.75, 3.05) is 6.61 Å². The Morgan fingerprint density at radius 3 is 2.57 bits per heavy atom. The highest BCUT2D eigenvalue weighted by Crippen LogP contribution is 2.45. The molecule has 80 valence electrons. The third kappa shape index (κ3) is 1.01. The maximum absolute atomic E-state index is 9.75. The van der Waals surface area contributed by atoms with Crippen molar-refractivity contribution in [3.05, 3.63) is 0 Å². The molecule has 1 unspecified atom stereocenters. The molecule has 0 saturated carbocycles. The van der Waals surface area contributed by atoms with Crippen molar-refractivity contribution < 1.29 is 29.2 Å². The van der Waals surface area contributed by atoms with Crippen LogP contribution in [0, 0.1) is 0 Å². The SMILES string of the molecule is CC12O[C@H]3O[C@H](CO)[C@@H](O)[C@H](O1)[C@H]3O2. The predicted molar refractivity (Wildman–Crippen MR) is 41.0 cm³/mol. The third-order valence-electron chi connectivity index (χ3n) is 2.83. The number of fused-ring (bicyclic) bond motifs is 1. The molecule has 0 radical (unpaired) electrons. The average Bonchev–Trinajstić information content (AvgIpc) is 2.64.